The molecule has 0 aliphatic rings. The molecule has 0 saturated carbocycles. The van der Waals surface area contributed by atoms with Gasteiger partial charge in [0.2, 0.25) is 0 Å². The van der Waals surface area contributed by atoms with E-state index in [1.165, 1.54) is 240 Å². The van der Waals surface area contributed by atoms with E-state index in [1.54, 1.807) is 0 Å². The lowest BCUT2D eigenvalue weighted by molar-refractivity contribution is 0.529. The molecule has 7 rings (SSSR count). The van der Waals surface area contributed by atoms with Crippen LogP contribution in [0.5, 0.6) is 0 Å². The van der Waals surface area contributed by atoms with Gasteiger partial charge in [-0.2, -0.15) is 0 Å². The SMILES string of the molecule is CCCCCCCCCCCCCCCCCCc1ccc2cc3c(cc2c1)sc1cc2c(cc13)sc1cc3cc(CCCCCCCCCC)ccc3cc12. The van der Waals surface area contributed by atoms with Gasteiger partial charge in [0.15, 0.2) is 0 Å². The minimum Gasteiger partial charge on any atom is -0.135 e. The van der Waals surface area contributed by atoms with Crippen molar-refractivity contribution < 1.29 is 0 Å². The Balaban J connectivity index is 0.904. The molecule has 0 radical (unpaired) electrons. The van der Waals surface area contributed by atoms with Gasteiger partial charge in [0, 0.05) is 40.3 Å². The van der Waals surface area contributed by atoms with Crippen LogP contribution in [0, 0.1) is 0 Å². The summed E-state index contributed by atoms with van der Waals surface area (Å²) in [7, 11) is 0. The monoisotopic (exact) mass is 782 g/mol. The molecule has 0 atom stereocenters. The molecule has 2 aromatic heterocycles. The second kappa shape index (κ2) is 21.7. The molecule has 0 spiro atoms. The fourth-order valence-corrected chi connectivity index (χ4v) is 11.6. The van der Waals surface area contributed by atoms with Crippen molar-refractivity contribution >= 4 is 84.6 Å². The normalized spacial score (nSPS) is 12.2. The third kappa shape index (κ3) is 11.2. The summed E-state index contributed by atoms with van der Waals surface area (Å²) in [6, 6.07) is 29.3. The number of thiophene rings is 2. The number of hydrogen-bond donors (Lipinski definition) is 0. The molecule has 5 aromatic carbocycles. The highest BCUT2D eigenvalue weighted by molar-refractivity contribution is 7.27. The zero-order valence-corrected chi connectivity index (χ0v) is 36.8. The number of fused-ring (bicyclic) bond motifs is 8. The molecule has 0 fully saturated rings. The molecule has 0 N–H and O–H groups in total. The van der Waals surface area contributed by atoms with Gasteiger partial charge >= 0.3 is 0 Å². The van der Waals surface area contributed by atoms with Crippen LogP contribution in [-0.2, 0) is 12.8 Å². The maximum atomic E-state index is 2.49. The maximum Gasteiger partial charge on any atom is 0.0362 e. The lowest BCUT2D eigenvalue weighted by atomic mass is 9.99. The van der Waals surface area contributed by atoms with Crippen molar-refractivity contribution in [1.29, 1.82) is 0 Å². The summed E-state index contributed by atoms with van der Waals surface area (Å²) in [6.45, 7) is 4.61. The van der Waals surface area contributed by atoms with Crippen molar-refractivity contribution in [2.24, 2.45) is 0 Å². The summed E-state index contributed by atoms with van der Waals surface area (Å²) < 4.78 is 5.66. The quantitative estimate of drug-likeness (QED) is 0.0480. The van der Waals surface area contributed by atoms with Gasteiger partial charge < -0.3 is 0 Å². The van der Waals surface area contributed by atoms with Crippen LogP contribution in [0.4, 0.5) is 0 Å². The molecule has 0 bridgehead atoms. The number of benzene rings is 5. The molecule has 298 valence electrons. The third-order valence-electron chi connectivity index (χ3n) is 12.7. The molecule has 0 unspecified atom stereocenters. The van der Waals surface area contributed by atoms with Gasteiger partial charge in [0.25, 0.3) is 0 Å². The summed E-state index contributed by atoms with van der Waals surface area (Å²) >= 11 is 3.95. The predicted octanol–water partition coefficient (Wildman–Crippen LogP) is 19.2. The number of hydrogen-bond acceptors (Lipinski definition) is 2. The van der Waals surface area contributed by atoms with Crippen molar-refractivity contribution in [1.82, 2.24) is 0 Å². The Morgan fingerprint density at radius 3 is 0.946 bits per heavy atom. The first-order chi connectivity index (χ1) is 27.7. The number of aryl methyl sites for hydroxylation is 2. The van der Waals surface area contributed by atoms with Crippen molar-refractivity contribution in [3.8, 4) is 0 Å². The average molecular weight is 783 g/mol. The van der Waals surface area contributed by atoms with Crippen LogP contribution >= 0.6 is 22.7 Å². The molecular formula is C54H70S2. The molecular weight excluding hydrogens is 713 g/mol. The second-order valence-electron chi connectivity index (χ2n) is 17.4. The first-order valence-corrected chi connectivity index (χ1v) is 25.0. The minimum absolute atomic E-state index is 1.20. The van der Waals surface area contributed by atoms with Gasteiger partial charge in [0.1, 0.15) is 0 Å². The first kappa shape index (κ1) is 41.2. The second-order valence-corrected chi connectivity index (χ2v) is 19.6. The van der Waals surface area contributed by atoms with Crippen LogP contribution in [0.15, 0.2) is 72.8 Å². The van der Waals surface area contributed by atoms with Crippen molar-refractivity contribution in [2.45, 2.75) is 181 Å². The molecule has 2 heteroatoms. The van der Waals surface area contributed by atoms with Crippen LogP contribution in [0.3, 0.4) is 0 Å². The topological polar surface area (TPSA) is 0 Å². The van der Waals surface area contributed by atoms with E-state index in [1.807, 2.05) is 22.7 Å². The highest BCUT2D eigenvalue weighted by atomic mass is 32.1. The Morgan fingerprint density at radius 2 is 0.589 bits per heavy atom. The largest absolute Gasteiger partial charge is 0.135 e. The van der Waals surface area contributed by atoms with Crippen LogP contribution in [0.1, 0.15) is 179 Å². The smallest absolute Gasteiger partial charge is 0.0362 e. The Hall–Kier alpha value is -2.94. The van der Waals surface area contributed by atoms with Gasteiger partial charge in [-0.05, 0) is 94.8 Å². The lowest BCUT2D eigenvalue weighted by Crippen LogP contribution is -1.87. The Labute approximate surface area is 347 Å². The molecule has 0 nitrogen and oxygen atoms in total. The maximum absolute atomic E-state index is 2.49. The van der Waals surface area contributed by atoms with Crippen LogP contribution in [-0.4, -0.2) is 0 Å². The Kier molecular flexibility index (Phi) is 16.0. The molecule has 7 aromatic rings. The standard InChI is InChI=1S/C54H70S2/c1-3-5-7-9-11-13-14-15-16-17-18-19-20-22-24-26-28-42-30-32-44-36-48-50-40-53-49(39-54(50)56-52(48)38-46(44)34-42)47-35-43-31-29-41(33-45(43)37-51(47)55-53)27-25-23-21-12-10-8-6-4-2/h29-40H,3-28H2,1-2H3. The Bertz CT molecular complexity index is 2260. The van der Waals surface area contributed by atoms with E-state index in [4.69, 9.17) is 0 Å². The van der Waals surface area contributed by atoms with Crippen LogP contribution < -0.4 is 0 Å². The number of unbranched alkanes of at least 4 members (excludes halogenated alkanes) is 22. The molecule has 0 aliphatic carbocycles. The van der Waals surface area contributed by atoms with E-state index in [2.05, 4.69) is 86.6 Å². The first-order valence-electron chi connectivity index (χ1n) is 23.4. The molecule has 0 amide bonds. The summed E-state index contributed by atoms with van der Waals surface area (Å²) in [5.41, 5.74) is 3.00. The number of rotatable bonds is 26. The predicted molar refractivity (Wildman–Crippen MR) is 257 cm³/mol. The van der Waals surface area contributed by atoms with Crippen molar-refractivity contribution in [2.75, 3.05) is 0 Å². The fraction of sp³-hybridized carbons (Fsp3) is 0.519. The Morgan fingerprint density at radius 1 is 0.286 bits per heavy atom. The highest BCUT2D eigenvalue weighted by Gasteiger charge is 2.13. The minimum atomic E-state index is 1.20. The van der Waals surface area contributed by atoms with E-state index in [0.29, 0.717) is 0 Å². The van der Waals surface area contributed by atoms with E-state index in [0.717, 1.165) is 0 Å². The average Bonchev–Trinajstić information content (AvgIpc) is 3.74. The molecule has 2 heterocycles. The zero-order chi connectivity index (χ0) is 38.4. The van der Waals surface area contributed by atoms with E-state index in [-0.39, 0.29) is 0 Å². The van der Waals surface area contributed by atoms with E-state index in [9.17, 15) is 0 Å². The van der Waals surface area contributed by atoms with Gasteiger partial charge in [-0.3, -0.25) is 0 Å². The summed E-state index contributed by atoms with van der Waals surface area (Å²) in [4.78, 5) is 0. The van der Waals surface area contributed by atoms with Crippen molar-refractivity contribution in [3.63, 3.8) is 0 Å². The lowest BCUT2D eigenvalue weighted by Gasteiger charge is -2.06. The fourth-order valence-electron chi connectivity index (χ4n) is 9.28. The van der Waals surface area contributed by atoms with Crippen molar-refractivity contribution in [3.05, 3.63) is 83.9 Å². The summed E-state index contributed by atoms with van der Waals surface area (Å²) in [5, 5.41) is 11.2. The van der Waals surface area contributed by atoms with Crippen LogP contribution in [0.25, 0.3) is 61.9 Å². The molecule has 0 saturated heterocycles. The van der Waals surface area contributed by atoms with E-state index < -0.39 is 0 Å². The van der Waals surface area contributed by atoms with Gasteiger partial charge in [-0.25, -0.2) is 0 Å². The van der Waals surface area contributed by atoms with E-state index >= 15 is 0 Å². The highest BCUT2D eigenvalue weighted by Crippen LogP contribution is 2.44. The third-order valence-corrected chi connectivity index (χ3v) is 15.0. The van der Waals surface area contributed by atoms with Gasteiger partial charge in [0.05, 0.1) is 0 Å². The summed E-state index contributed by atoms with van der Waals surface area (Å²) in [6.07, 6.45) is 36.3. The zero-order valence-electron chi connectivity index (χ0n) is 35.1. The van der Waals surface area contributed by atoms with Crippen LogP contribution in [0.2, 0.25) is 0 Å². The molecule has 0 aliphatic heterocycles. The van der Waals surface area contributed by atoms with Gasteiger partial charge in [-0.1, -0.05) is 192 Å². The molecule has 56 heavy (non-hydrogen) atoms. The summed E-state index contributed by atoms with van der Waals surface area (Å²) in [5.74, 6) is 0. The van der Waals surface area contributed by atoms with Gasteiger partial charge in [-0.15, -0.1) is 22.7 Å².